The Balaban J connectivity index is 1.62. The Bertz CT molecular complexity index is 649. The normalized spacial score (nSPS) is 25.0. The van der Waals surface area contributed by atoms with Crippen molar-refractivity contribution in [3.63, 3.8) is 0 Å². The summed E-state index contributed by atoms with van der Waals surface area (Å²) in [5, 5.41) is 0. The molecule has 3 rings (SSSR count). The summed E-state index contributed by atoms with van der Waals surface area (Å²) in [5.74, 6) is 0. The van der Waals surface area contributed by atoms with Gasteiger partial charge < -0.3 is 4.74 Å². The maximum absolute atomic E-state index is 11.7. The predicted octanol–water partition coefficient (Wildman–Crippen LogP) is 1.92. The van der Waals surface area contributed by atoms with E-state index in [1.807, 2.05) is 0 Å². The fourth-order valence-corrected chi connectivity index (χ4v) is 4.79. The highest BCUT2D eigenvalue weighted by molar-refractivity contribution is 7.88. The molecule has 24 heavy (non-hydrogen) atoms. The molecule has 5 nitrogen and oxygen atoms in total. The second-order valence-electron chi connectivity index (χ2n) is 7.39. The van der Waals surface area contributed by atoms with Gasteiger partial charge in [-0.15, -0.1) is 0 Å². The van der Waals surface area contributed by atoms with E-state index in [9.17, 15) is 8.42 Å². The Morgan fingerprint density at radius 3 is 2.50 bits per heavy atom. The van der Waals surface area contributed by atoms with E-state index in [1.54, 1.807) is 0 Å². The molecule has 0 aromatic heterocycles. The molecule has 1 aromatic carbocycles. The highest BCUT2D eigenvalue weighted by Gasteiger charge is 2.44. The van der Waals surface area contributed by atoms with Crippen molar-refractivity contribution >= 4 is 10.0 Å². The Kier molecular flexibility index (Phi) is 5.30. The van der Waals surface area contributed by atoms with Crippen LogP contribution < -0.4 is 4.72 Å². The molecular formula is C18H28N2O3S. The molecule has 2 aliphatic heterocycles. The summed E-state index contributed by atoms with van der Waals surface area (Å²) in [6, 6.07) is 8.61. The highest BCUT2D eigenvalue weighted by Crippen LogP contribution is 2.41. The number of sulfonamides is 1. The number of rotatable bonds is 4. The Labute approximate surface area is 145 Å². The molecule has 2 aliphatic rings. The number of piperidine rings is 1. The largest absolute Gasteiger partial charge is 0.380 e. The molecule has 0 amide bonds. The minimum atomic E-state index is -3.21. The maximum Gasteiger partial charge on any atom is 0.209 e. The van der Waals surface area contributed by atoms with Crippen molar-refractivity contribution in [2.45, 2.75) is 38.8 Å². The van der Waals surface area contributed by atoms with E-state index < -0.39 is 10.0 Å². The predicted molar refractivity (Wildman–Crippen MR) is 95.3 cm³/mol. The summed E-state index contributed by atoms with van der Waals surface area (Å²) in [7, 11) is -3.21. The van der Waals surface area contributed by atoms with E-state index in [-0.39, 0.29) is 11.5 Å². The van der Waals surface area contributed by atoms with Crippen LogP contribution in [0.1, 0.15) is 30.4 Å². The van der Waals surface area contributed by atoms with Gasteiger partial charge in [-0.1, -0.05) is 29.8 Å². The SMILES string of the molecule is Cc1ccc(CN2CCC3(CCOC[C@H]3NS(C)(=O)=O)CC2)cc1. The lowest BCUT2D eigenvalue weighted by Gasteiger charge is -2.48. The molecule has 0 aliphatic carbocycles. The van der Waals surface area contributed by atoms with Gasteiger partial charge in [-0.2, -0.15) is 0 Å². The van der Waals surface area contributed by atoms with Crippen LogP contribution in [0, 0.1) is 12.3 Å². The van der Waals surface area contributed by atoms with Crippen LogP contribution in [0.2, 0.25) is 0 Å². The van der Waals surface area contributed by atoms with Gasteiger partial charge in [0.05, 0.1) is 18.9 Å². The first kappa shape index (κ1) is 17.9. The van der Waals surface area contributed by atoms with Crippen LogP contribution in [-0.2, 0) is 21.3 Å². The highest BCUT2D eigenvalue weighted by atomic mass is 32.2. The maximum atomic E-state index is 11.7. The molecule has 0 radical (unpaired) electrons. The van der Waals surface area contributed by atoms with Crippen LogP contribution in [0.4, 0.5) is 0 Å². The number of benzene rings is 1. The van der Waals surface area contributed by atoms with Gasteiger partial charge in [-0.3, -0.25) is 4.90 Å². The third-order valence-corrected chi connectivity index (χ3v) is 6.22. The second kappa shape index (κ2) is 7.12. The smallest absolute Gasteiger partial charge is 0.209 e. The van der Waals surface area contributed by atoms with E-state index in [1.165, 1.54) is 17.4 Å². The van der Waals surface area contributed by atoms with Gasteiger partial charge in [-0.05, 0) is 50.3 Å². The Morgan fingerprint density at radius 2 is 1.88 bits per heavy atom. The average molecular weight is 353 g/mol. The van der Waals surface area contributed by atoms with Crippen molar-refractivity contribution in [1.29, 1.82) is 0 Å². The minimum Gasteiger partial charge on any atom is -0.380 e. The first-order chi connectivity index (χ1) is 11.4. The van der Waals surface area contributed by atoms with Gasteiger partial charge in [0.2, 0.25) is 10.0 Å². The summed E-state index contributed by atoms with van der Waals surface area (Å²) in [6.07, 6.45) is 4.23. The lowest BCUT2D eigenvalue weighted by molar-refractivity contribution is -0.0445. The molecule has 1 aromatic rings. The fraction of sp³-hybridized carbons (Fsp3) is 0.667. The van der Waals surface area contributed by atoms with Crippen LogP contribution in [0.5, 0.6) is 0 Å². The Hall–Kier alpha value is -0.950. The van der Waals surface area contributed by atoms with Crippen LogP contribution in [0.3, 0.4) is 0 Å². The van der Waals surface area contributed by atoms with Crippen LogP contribution >= 0.6 is 0 Å². The van der Waals surface area contributed by atoms with Gasteiger partial charge in [0.25, 0.3) is 0 Å². The lowest BCUT2D eigenvalue weighted by Crippen LogP contribution is -2.57. The van der Waals surface area contributed by atoms with Gasteiger partial charge in [0.1, 0.15) is 0 Å². The van der Waals surface area contributed by atoms with E-state index in [0.717, 1.165) is 45.5 Å². The van der Waals surface area contributed by atoms with Crippen molar-refractivity contribution in [2.75, 3.05) is 32.6 Å². The molecule has 1 N–H and O–H groups in total. The lowest BCUT2D eigenvalue weighted by atomic mass is 9.69. The second-order valence-corrected chi connectivity index (χ2v) is 9.17. The number of nitrogens with zero attached hydrogens (tertiary/aromatic N) is 1. The van der Waals surface area contributed by atoms with E-state index in [2.05, 4.69) is 40.8 Å². The van der Waals surface area contributed by atoms with Gasteiger partial charge in [-0.25, -0.2) is 13.1 Å². The van der Waals surface area contributed by atoms with Crippen molar-refractivity contribution < 1.29 is 13.2 Å². The molecule has 2 heterocycles. The number of ether oxygens (including phenoxy) is 1. The summed E-state index contributed by atoms with van der Waals surface area (Å²) < 4.78 is 31.7. The molecule has 1 atom stereocenters. The van der Waals surface area contributed by atoms with Crippen molar-refractivity contribution in [2.24, 2.45) is 5.41 Å². The standard InChI is InChI=1S/C18H28N2O3S/c1-15-3-5-16(6-4-15)13-20-10-7-18(8-11-20)9-12-23-14-17(18)19-24(2,21)22/h3-6,17,19H,7-14H2,1-2H3/t17-/m1/s1. The third kappa shape index (κ3) is 4.36. The molecule has 1 spiro atoms. The molecule has 6 heteroatoms. The van der Waals surface area contributed by atoms with E-state index in [4.69, 9.17) is 4.74 Å². The zero-order chi connectivity index (χ0) is 17.2. The van der Waals surface area contributed by atoms with E-state index in [0.29, 0.717) is 6.61 Å². The first-order valence-electron chi connectivity index (χ1n) is 8.69. The Morgan fingerprint density at radius 1 is 1.21 bits per heavy atom. The monoisotopic (exact) mass is 352 g/mol. The summed E-state index contributed by atoms with van der Waals surface area (Å²) in [5.41, 5.74) is 2.67. The average Bonchev–Trinajstić information content (AvgIpc) is 2.53. The molecular weight excluding hydrogens is 324 g/mol. The van der Waals surface area contributed by atoms with Crippen molar-refractivity contribution in [3.8, 4) is 0 Å². The van der Waals surface area contributed by atoms with Crippen molar-refractivity contribution in [3.05, 3.63) is 35.4 Å². The number of hydrogen-bond acceptors (Lipinski definition) is 4. The summed E-state index contributed by atoms with van der Waals surface area (Å²) >= 11 is 0. The van der Waals surface area contributed by atoms with E-state index >= 15 is 0 Å². The van der Waals surface area contributed by atoms with Crippen LogP contribution in [0.25, 0.3) is 0 Å². The van der Waals surface area contributed by atoms with Crippen molar-refractivity contribution in [1.82, 2.24) is 9.62 Å². The molecule has 2 fully saturated rings. The van der Waals surface area contributed by atoms with Gasteiger partial charge in [0, 0.05) is 13.2 Å². The zero-order valence-corrected chi connectivity index (χ0v) is 15.4. The number of aryl methyl sites for hydroxylation is 1. The first-order valence-corrected chi connectivity index (χ1v) is 10.6. The number of hydrogen-bond donors (Lipinski definition) is 1. The third-order valence-electron chi connectivity index (χ3n) is 5.50. The summed E-state index contributed by atoms with van der Waals surface area (Å²) in [6.45, 7) is 6.32. The zero-order valence-electron chi connectivity index (χ0n) is 14.6. The van der Waals surface area contributed by atoms with Crippen LogP contribution in [0.15, 0.2) is 24.3 Å². The van der Waals surface area contributed by atoms with Gasteiger partial charge in [0.15, 0.2) is 0 Å². The summed E-state index contributed by atoms with van der Waals surface area (Å²) in [4.78, 5) is 2.48. The topological polar surface area (TPSA) is 58.6 Å². The number of nitrogens with one attached hydrogen (secondary N) is 1. The quantitative estimate of drug-likeness (QED) is 0.899. The van der Waals surface area contributed by atoms with Crippen LogP contribution in [-0.4, -0.2) is 51.9 Å². The molecule has 0 bridgehead atoms. The number of likely N-dealkylation sites (tertiary alicyclic amines) is 1. The molecule has 134 valence electrons. The molecule has 2 saturated heterocycles. The molecule has 0 unspecified atom stereocenters. The molecule has 0 saturated carbocycles. The van der Waals surface area contributed by atoms with Gasteiger partial charge >= 0.3 is 0 Å². The fourth-order valence-electron chi connectivity index (χ4n) is 3.95. The minimum absolute atomic E-state index is 0.0467.